The zero-order valence-electron chi connectivity index (χ0n) is 18.1. The van der Waals surface area contributed by atoms with Gasteiger partial charge in [-0.3, -0.25) is 4.79 Å². The van der Waals surface area contributed by atoms with Gasteiger partial charge in [-0.1, -0.05) is 66.7 Å². The molecule has 0 fully saturated rings. The fraction of sp³-hybridized carbons (Fsp3) is 0.185. The Morgan fingerprint density at radius 1 is 0.969 bits per heavy atom. The number of methoxy groups -OCH3 is 1. The first-order valence-electron chi connectivity index (χ1n) is 10.4. The summed E-state index contributed by atoms with van der Waals surface area (Å²) in [7, 11) is 1.54. The van der Waals surface area contributed by atoms with Crippen LogP contribution in [0.5, 0.6) is 11.5 Å². The lowest BCUT2D eigenvalue weighted by Crippen LogP contribution is -2.31. The van der Waals surface area contributed by atoms with Crippen LogP contribution in [0.3, 0.4) is 0 Å². The number of carbonyl (C=O) groups is 1. The Bertz CT molecular complexity index is 1070. The summed E-state index contributed by atoms with van der Waals surface area (Å²) in [5.74, 6) is 0.944. The number of nitriles is 1. The number of hydrogen-bond acceptors (Lipinski definition) is 4. The molecule has 0 atom stereocenters. The number of benzene rings is 3. The monoisotopic (exact) mass is 426 g/mol. The van der Waals surface area contributed by atoms with Crippen LogP contribution in [0.15, 0.2) is 84.9 Å². The van der Waals surface area contributed by atoms with Crippen LogP contribution in [0, 0.1) is 11.3 Å². The normalized spacial score (nSPS) is 10.5. The van der Waals surface area contributed by atoms with Gasteiger partial charge in [-0.05, 0) is 41.3 Å². The molecule has 0 aliphatic heterocycles. The molecule has 0 aliphatic carbocycles. The van der Waals surface area contributed by atoms with E-state index in [0.29, 0.717) is 24.6 Å². The van der Waals surface area contributed by atoms with Gasteiger partial charge in [0.05, 0.1) is 7.11 Å². The molecule has 0 aliphatic rings. The number of carbonyl (C=O) groups excluding carboxylic acids is 1. The second kappa shape index (κ2) is 12.0. The van der Waals surface area contributed by atoms with Crippen LogP contribution in [0.1, 0.15) is 16.7 Å². The van der Waals surface area contributed by atoms with Crippen LogP contribution in [0.2, 0.25) is 0 Å². The molecule has 0 radical (unpaired) electrons. The molecule has 0 N–H and O–H groups in total. The number of rotatable bonds is 10. The molecule has 162 valence electrons. The minimum atomic E-state index is -0.0615. The summed E-state index contributed by atoms with van der Waals surface area (Å²) in [4.78, 5) is 14.9. The summed E-state index contributed by atoms with van der Waals surface area (Å²) >= 11 is 0. The van der Waals surface area contributed by atoms with E-state index >= 15 is 0 Å². The molecular weight excluding hydrogens is 400 g/mol. The Morgan fingerprint density at radius 2 is 1.66 bits per heavy atom. The molecule has 5 nitrogen and oxygen atoms in total. The van der Waals surface area contributed by atoms with Crippen LogP contribution < -0.4 is 9.47 Å². The number of nitrogens with zero attached hydrogens (tertiary/aromatic N) is 2. The van der Waals surface area contributed by atoms with E-state index in [0.717, 1.165) is 17.5 Å². The van der Waals surface area contributed by atoms with E-state index in [9.17, 15) is 4.79 Å². The molecule has 0 unspecified atom stereocenters. The highest BCUT2D eigenvalue weighted by Gasteiger charge is 2.12. The van der Waals surface area contributed by atoms with Crippen molar-refractivity contribution >= 4 is 12.0 Å². The van der Waals surface area contributed by atoms with E-state index < -0.39 is 0 Å². The van der Waals surface area contributed by atoms with E-state index in [1.54, 1.807) is 31.4 Å². The maximum Gasteiger partial charge on any atom is 0.246 e. The Kier molecular flexibility index (Phi) is 8.47. The molecule has 3 rings (SSSR count). The van der Waals surface area contributed by atoms with Crippen molar-refractivity contribution < 1.29 is 14.3 Å². The summed E-state index contributed by atoms with van der Waals surface area (Å²) in [6, 6.07) is 27.4. The summed E-state index contributed by atoms with van der Waals surface area (Å²) < 4.78 is 10.7. The predicted octanol–water partition coefficient (Wildman–Crippen LogP) is 4.88. The molecule has 1 amide bonds. The Hall–Kier alpha value is -4.04. The Labute approximate surface area is 189 Å². The SMILES string of the molecule is COc1cc(/C=C/C(=O)N(CCc2ccccc2)Cc2ccccc2)ccc1OCC#N. The third kappa shape index (κ3) is 6.75. The quantitative estimate of drug-likeness (QED) is 0.434. The van der Waals surface area contributed by atoms with Crippen molar-refractivity contribution in [2.45, 2.75) is 13.0 Å². The average molecular weight is 427 g/mol. The molecule has 0 bridgehead atoms. The van der Waals surface area contributed by atoms with Gasteiger partial charge in [0, 0.05) is 19.2 Å². The van der Waals surface area contributed by atoms with Crippen LogP contribution in [0.25, 0.3) is 6.08 Å². The third-order valence-corrected chi connectivity index (χ3v) is 4.94. The zero-order chi connectivity index (χ0) is 22.6. The summed E-state index contributed by atoms with van der Waals surface area (Å²) in [5.41, 5.74) is 3.09. The molecule has 0 saturated heterocycles. The minimum Gasteiger partial charge on any atom is -0.493 e. The van der Waals surface area contributed by atoms with Crippen molar-refractivity contribution in [1.82, 2.24) is 4.90 Å². The van der Waals surface area contributed by atoms with Gasteiger partial charge >= 0.3 is 0 Å². The second-order valence-electron chi connectivity index (χ2n) is 7.17. The topological polar surface area (TPSA) is 62.6 Å². The molecule has 0 spiro atoms. The van der Waals surface area contributed by atoms with Crippen molar-refractivity contribution in [2.24, 2.45) is 0 Å². The third-order valence-electron chi connectivity index (χ3n) is 4.94. The van der Waals surface area contributed by atoms with Crippen LogP contribution >= 0.6 is 0 Å². The molecule has 0 aromatic heterocycles. The molecule has 3 aromatic carbocycles. The summed E-state index contributed by atoms with van der Waals surface area (Å²) in [6.07, 6.45) is 4.13. The van der Waals surface area contributed by atoms with Gasteiger partial charge in [0.25, 0.3) is 0 Å². The van der Waals surface area contributed by atoms with Gasteiger partial charge in [0.1, 0.15) is 6.07 Å². The number of ether oxygens (including phenoxy) is 2. The second-order valence-corrected chi connectivity index (χ2v) is 7.17. The van der Waals surface area contributed by atoms with Gasteiger partial charge < -0.3 is 14.4 Å². The van der Waals surface area contributed by atoms with Gasteiger partial charge in [-0.2, -0.15) is 5.26 Å². The molecular formula is C27H26N2O3. The van der Waals surface area contributed by atoms with Crippen molar-refractivity contribution in [2.75, 3.05) is 20.3 Å². The van der Waals surface area contributed by atoms with E-state index in [1.165, 1.54) is 5.56 Å². The number of hydrogen-bond donors (Lipinski definition) is 0. The standard InChI is InChI=1S/C27H26N2O3/c1-31-26-20-23(12-14-25(26)32-19-17-28)13-15-27(30)29(21-24-10-6-3-7-11-24)18-16-22-8-4-2-5-9-22/h2-15,20H,16,18-19,21H2,1H3/b15-13+. The highest BCUT2D eigenvalue weighted by atomic mass is 16.5. The molecule has 5 heteroatoms. The van der Waals surface area contributed by atoms with E-state index in [4.69, 9.17) is 14.7 Å². The van der Waals surface area contributed by atoms with Crippen molar-refractivity contribution in [3.8, 4) is 17.6 Å². The van der Waals surface area contributed by atoms with Gasteiger partial charge in [0.15, 0.2) is 18.1 Å². The first kappa shape index (κ1) is 22.6. The Balaban J connectivity index is 1.73. The molecule has 0 heterocycles. The summed E-state index contributed by atoms with van der Waals surface area (Å²) in [6.45, 7) is 1.10. The Morgan fingerprint density at radius 3 is 2.31 bits per heavy atom. The van der Waals surface area contributed by atoms with Crippen LogP contribution in [-0.2, 0) is 17.8 Å². The smallest absolute Gasteiger partial charge is 0.246 e. The highest BCUT2D eigenvalue weighted by molar-refractivity contribution is 5.91. The van der Waals surface area contributed by atoms with Gasteiger partial charge in [-0.25, -0.2) is 0 Å². The van der Waals surface area contributed by atoms with Gasteiger partial charge in [-0.15, -0.1) is 0 Å². The largest absolute Gasteiger partial charge is 0.493 e. The van der Waals surface area contributed by atoms with Crippen molar-refractivity contribution in [1.29, 1.82) is 5.26 Å². The highest BCUT2D eigenvalue weighted by Crippen LogP contribution is 2.28. The molecule has 0 saturated carbocycles. The maximum absolute atomic E-state index is 13.1. The van der Waals surface area contributed by atoms with Crippen molar-refractivity contribution in [3.63, 3.8) is 0 Å². The first-order chi connectivity index (χ1) is 15.7. The fourth-order valence-corrected chi connectivity index (χ4v) is 3.27. The predicted molar refractivity (Wildman–Crippen MR) is 125 cm³/mol. The van der Waals surface area contributed by atoms with Crippen molar-refractivity contribution in [3.05, 3.63) is 102 Å². The summed E-state index contributed by atoms with van der Waals surface area (Å²) in [5, 5.41) is 8.70. The van der Waals surface area contributed by atoms with Gasteiger partial charge in [0.2, 0.25) is 5.91 Å². The lowest BCUT2D eigenvalue weighted by Gasteiger charge is -2.21. The van der Waals surface area contributed by atoms with Crippen LogP contribution in [0.4, 0.5) is 0 Å². The average Bonchev–Trinajstić information content (AvgIpc) is 2.85. The fourth-order valence-electron chi connectivity index (χ4n) is 3.27. The first-order valence-corrected chi connectivity index (χ1v) is 10.4. The zero-order valence-corrected chi connectivity index (χ0v) is 18.1. The minimum absolute atomic E-state index is 0.0557. The van der Waals surface area contributed by atoms with E-state index in [2.05, 4.69) is 12.1 Å². The number of amides is 1. The van der Waals surface area contributed by atoms with Crippen LogP contribution in [-0.4, -0.2) is 31.1 Å². The lowest BCUT2D eigenvalue weighted by molar-refractivity contribution is -0.126. The van der Waals surface area contributed by atoms with E-state index in [1.807, 2.05) is 65.6 Å². The molecule has 3 aromatic rings. The molecule has 32 heavy (non-hydrogen) atoms. The lowest BCUT2D eigenvalue weighted by atomic mass is 10.1. The van der Waals surface area contributed by atoms with E-state index in [-0.39, 0.29) is 12.5 Å². The maximum atomic E-state index is 13.1.